The second-order valence-electron chi connectivity index (χ2n) is 4.97. The average Bonchev–Trinajstić information content (AvgIpc) is 2.41. The normalized spacial score (nSPS) is 11.5. The SMILES string of the molecule is C/C(=N\NSc1ccc(C)cc1)c1c(C)cccc1C. The van der Waals surface area contributed by atoms with Crippen molar-refractivity contribution in [1.29, 1.82) is 0 Å². The summed E-state index contributed by atoms with van der Waals surface area (Å²) in [7, 11) is 0. The van der Waals surface area contributed by atoms with Crippen LogP contribution in [0.5, 0.6) is 0 Å². The fourth-order valence-corrected chi connectivity index (χ4v) is 2.75. The van der Waals surface area contributed by atoms with E-state index in [4.69, 9.17) is 0 Å². The summed E-state index contributed by atoms with van der Waals surface area (Å²) in [6, 6.07) is 14.7. The van der Waals surface area contributed by atoms with E-state index in [1.807, 2.05) is 6.92 Å². The molecule has 0 bridgehead atoms. The summed E-state index contributed by atoms with van der Waals surface area (Å²) in [5.41, 5.74) is 6.02. The number of benzene rings is 2. The van der Waals surface area contributed by atoms with Crippen molar-refractivity contribution in [3.05, 3.63) is 64.7 Å². The van der Waals surface area contributed by atoms with Crippen molar-refractivity contribution >= 4 is 17.7 Å². The molecule has 0 spiro atoms. The van der Waals surface area contributed by atoms with Gasteiger partial charge in [0.2, 0.25) is 0 Å². The summed E-state index contributed by atoms with van der Waals surface area (Å²) in [5, 5.41) is 4.46. The lowest BCUT2D eigenvalue weighted by Gasteiger charge is -2.09. The third-order valence-electron chi connectivity index (χ3n) is 3.24. The summed E-state index contributed by atoms with van der Waals surface area (Å²) >= 11 is 1.53. The van der Waals surface area contributed by atoms with E-state index in [2.05, 4.69) is 73.2 Å². The van der Waals surface area contributed by atoms with Crippen molar-refractivity contribution in [2.45, 2.75) is 32.6 Å². The molecule has 2 aromatic rings. The maximum Gasteiger partial charge on any atom is 0.0659 e. The number of nitrogens with one attached hydrogen (secondary N) is 1. The zero-order valence-electron chi connectivity index (χ0n) is 12.4. The van der Waals surface area contributed by atoms with Gasteiger partial charge in [0.1, 0.15) is 0 Å². The summed E-state index contributed by atoms with van der Waals surface area (Å²) in [5.74, 6) is 0. The molecule has 2 nitrogen and oxygen atoms in total. The highest BCUT2D eigenvalue weighted by Gasteiger charge is 2.05. The predicted molar refractivity (Wildman–Crippen MR) is 88.3 cm³/mol. The Labute approximate surface area is 125 Å². The third-order valence-corrected chi connectivity index (χ3v) is 3.93. The Morgan fingerprint density at radius 3 is 2.15 bits per heavy atom. The van der Waals surface area contributed by atoms with Gasteiger partial charge in [-0.2, -0.15) is 5.10 Å². The summed E-state index contributed by atoms with van der Waals surface area (Å²) in [6.07, 6.45) is 0. The second-order valence-corrected chi connectivity index (χ2v) is 5.83. The fourth-order valence-electron chi connectivity index (χ4n) is 2.19. The van der Waals surface area contributed by atoms with E-state index in [9.17, 15) is 0 Å². The van der Waals surface area contributed by atoms with Crippen LogP contribution in [-0.4, -0.2) is 5.71 Å². The van der Waals surface area contributed by atoms with Crippen LogP contribution >= 0.6 is 11.9 Å². The summed E-state index contributed by atoms with van der Waals surface area (Å²) in [4.78, 5) is 4.24. The lowest BCUT2D eigenvalue weighted by molar-refractivity contribution is 1.10. The van der Waals surface area contributed by atoms with Crippen LogP contribution in [0.1, 0.15) is 29.2 Å². The van der Waals surface area contributed by atoms with Gasteiger partial charge in [0, 0.05) is 22.4 Å². The van der Waals surface area contributed by atoms with E-state index in [-0.39, 0.29) is 0 Å². The summed E-state index contributed by atoms with van der Waals surface area (Å²) < 4.78 is 0. The van der Waals surface area contributed by atoms with E-state index >= 15 is 0 Å². The van der Waals surface area contributed by atoms with Gasteiger partial charge >= 0.3 is 0 Å². The molecule has 20 heavy (non-hydrogen) atoms. The van der Waals surface area contributed by atoms with Gasteiger partial charge < -0.3 is 0 Å². The zero-order valence-corrected chi connectivity index (χ0v) is 13.2. The second kappa shape index (κ2) is 6.62. The minimum Gasteiger partial charge on any atom is -0.247 e. The van der Waals surface area contributed by atoms with Crippen molar-refractivity contribution in [1.82, 2.24) is 4.83 Å². The van der Waals surface area contributed by atoms with Crippen molar-refractivity contribution < 1.29 is 0 Å². The maximum atomic E-state index is 4.46. The molecule has 3 heteroatoms. The Bertz CT molecular complexity index is 595. The molecular weight excluding hydrogens is 264 g/mol. The quantitative estimate of drug-likeness (QED) is 0.503. The van der Waals surface area contributed by atoms with Crippen molar-refractivity contribution in [3.63, 3.8) is 0 Å². The maximum absolute atomic E-state index is 4.46. The van der Waals surface area contributed by atoms with E-state index < -0.39 is 0 Å². The van der Waals surface area contributed by atoms with Gasteiger partial charge in [0.15, 0.2) is 0 Å². The van der Waals surface area contributed by atoms with Crippen LogP contribution in [0.15, 0.2) is 52.5 Å². The Morgan fingerprint density at radius 1 is 0.950 bits per heavy atom. The molecule has 0 aliphatic carbocycles. The molecule has 1 N–H and O–H groups in total. The van der Waals surface area contributed by atoms with E-state index in [1.165, 1.54) is 34.2 Å². The van der Waals surface area contributed by atoms with E-state index in [1.54, 1.807) is 0 Å². The third kappa shape index (κ3) is 3.64. The molecule has 2 aromatic carbocycles. The molecule has 104 valence electrons. The smallest absolute Gasteiger partial charge is 0.0659 e. The highest BCUT2D eigenvalue weighted by atomic mass is 32.2. The minimum absolute atomic E-state index is 1.01. The first-order valence-electron chi connectivity index (χ1n) is 6.67. The molecule has 0 aliphatic rings. The molecule has 0 saturated carbocycles. The van der Waals surface area contributed by atoms with Gasteiger partial charge in [-0.15, -0.1) is 0 Å². The number of hydrazone groups is 1. The molecule has 0 amide bonds. The molecule has 0 unspecified atom stereocenters. The highest BCUT2D eigenvalue weighted by molar-refractivity contribution is 7.97. The molecule has 0 aromatic heterocycles. The van der Waals surface area contributed by atoms with Gasteiger partial charge in [0.05, 0.1) is 5.71 Å². The number of aryl methyl sites for hydroxylation is 3. The van der Waals surface area contributed by atoms with Crippen LogP contribution in [0.4, 0.5) is 0 Å². The number of nitrogens with zero attached hydrogens (tertiary/aromatic N) is 1. The van der Waals surface area contributed by atoms with Gasteiger partial charge in [0.25, 0.3) is 0 Å². The summed E-state index contributed by atoms with van der Waals surface area (Å²) in [6.45, 7) is 8.37. The Hall–Kier alpha value is -1.74. The van der Waals surface area contributed by atoms with Gasteiger partial charge in [-0.25, -0.2) is 4.83 Å². The van der Waals surface area contributed by atoms with Crippen LogP contribution in [0.2, 0.25) is 0 Å². The van der Waals surface area contributed by atoms with Gasteiger partial charge in [-0.05, 0) is 51.0 Å². The largest absolute Gasteiger partial charge is 0.247 e. The average molecular weight is 284 g/mol. The Balaban J connectivity index is 2.06. The number of hydrogen-bond acceptors (Lipinski definition) is 3. The standard InChI is InChI=1S/C17H20N2S/c1-12-8-10-16(11-9-12)20-19-18-15(4)17-13(2)6-5-7-14(17)3/h5-11,19H,1-4H3/b18-15+. The van der Waals surface area contributed by atoms with Gasteiger partial charge in [-0.3, -0.25) is 0 Å². The van der Waals surface area contributed by atoms with Crippen molar-refractivity contribution in [3.8, 4) is 0 Å². The van der Waals surface area contributed by atoms with Crippen LogP contribution in [0.3, 0.4) is 0 Å². The molecule has 0 aliphatic heterocycles. The van der Waals surface area contributed by atoms with Crippen LogP contribution < -0.4 is 4.83 Å². The lowest BCUT2D eigenvalue weighted by atomic mass is 10.00. The zero-order chi connectivity index (χ0) is 14.5. The minimum atomic E-state index is 1.01. The van der Waals surface area contributed by atoms with Crippen LogP contribution in [0, 0.1) is 20.8 Å². The fraction of sp³-hybridized carbons (Fsp3) is 0.235. The monoisotopic (exact) mass is 284 g/mol. The van der Waals surface area contributed by atoms with Crippen LogP contribution in [-0.2, 0) is 0 Å². The Morgan fingerprint density at radius 2 is 1.55 bits per heavy atom. The highest BCUT2D eigenvalue weighted by Crippen LogP contribution is 2.17. The molecule has 0 atom stereocenters. The lowest BCUT2D eigenvalue weighted by Crippen LogP contribution is -2.05. The molecule has 0 radical (unpaired) electrons. The predicted octanol–water partition coefficient (Wildman–Crippen LogP) is 4.63. The topological polar surface area (TPSA) is 24.4 Å². The first kappa shape index (κ1) is 14.7. The van der Waals surface area contributed by atoms with Crippen molar-refractivity contribution in [2.75, 3.05) is 0 Å². The Kier molecular flexibility index (Phi) is 4.85. The molecule has 0 fully saturated rings. The molecular formula is C17H20N2S. The molecule has 0 saturated heterocycles. The molecule has 0 heterocycles. The van der Waals surface area contributed by atoms with E-state index in [0.29, 0.717) is 0 Å². The number of rotatable bonds is 4. The number of hydrogen-bond donors (Lipinski definition) is 1. The van der Waals surface area contributed by atoms with Crippen LogP contribution in [0.25, 0.3) is 0 Å². The molecule has 2 rings (SSSR count). The van der Waals surface area contributed by atoms with Crippen molar-refractivity contribution in [2.24, 2.45) is 5.10 Å². The van der Waals surface area contributed by atoms with Gasteiger partial charge in [-0.1, -0.05) is 35.9 Å². The first-order chi connectivity index (χ1) is 9.58. The first-order valence-corrected chi connectivity index (χ1v) is 7.49. The van der Waals surface area contributed by atoms with E-state index in [0.717, 1.165) is 10.6 Å².